The monoisotopic (exact) mass is 414 g/mol. The topological polar surface area (TPSA) is 41.6 Å². The van der Waals surface area contributed by atoms with Gasteiger partial charge in [0.2, 0.25) is 5.91 Å². The van der Waals surface area contributed by atoms with E-state index in [1.165, 1.54) is 12.0 Å². The van der Waals surface area contributed by atoms with Crippen molar-refractivity contribution in [2.75, 3.05) is 26.2 Å². The molecule has 1 amide bonds. The number of hydrogen-bond donors (Lipinski definition) is 1. The van der Waals surface area contributed by atoms with Crippen molar-refractivity contribution in [3.05, 3.63) is 65.2 Å². The summed E-state index contributed by atoms with van der Waals surface area (Å²) >= 11 is 0. The number of ether oxygens (including phenoxy) is 1. The van der Waals surface area contributed by atoms with Crippen LogP contribution in [0.25, 0.3) is 0 Å². The molecule has 1 spiro atoms. The molecule has 2 aliphatic heterocycles. The normalized spacial score (nSPS) is 17.8. The molecule has 2 fully saturated rings. The molecule has 2 saturated heterocycles. The van der Waals surface area contributed by atoms with Crippen LogP contribution < -0.4 is 10.1 Å². The number of halogens is 1. The molecule has 4 nitrogen and oxygen atoms in total. The van der Waals surface area contributed by atoms with Gasteiger partial charge in [-0.3, -0.25) is 4.79 Å². The average Bonchev–Trinajstić information content (AvgIpc) is 3.15. The second kappa shape index (κ2) is 9.64. The quantitative estimate of drug-likeness (QED) is 0.799. The second-order valence-corrected chi connectivity index (χ2v) is 8.41. The van der Waals surface area contributed by atoms with E-state index in [4.69, 9.17) is 4.74 Å². The number of piperidine rings is 1. The molecule has 5 heteroatoms. The molecule has 29 heavy (non-hydrogen) atoms. The maximum absolute atomic E-state index is 12.8. The first kappa shape index (κ1) is 21.7. The number of amides is 1. The zero-order valence-corrected chi connectivity index (χ0v) is 18.0. The Morgan fingerprint density at radius 3 is 2.55 bits per heavy atom. The zero-order chi connectivity index (χ0) is 19.4. The third-order valence-electron chi connectivity index (χ3n) is 6.25. The van der Waals surface area contributed by atoms with E-state index in [1.807, 2.05) is 35.2 Å². The van der Waals surface area contributed by atoms with E-state index in [2.05, 4.69) is 30.4 Å². The highest BCUT2D eigenvalue weighted by atomic mass is 35.5. The molecule has 0 bridgehead atoms. The SMILES string of the molecule is Cc1cccc(COc2cccc(CC(=O)N3CCC4(CCNC4)CC3)c2)c1.Cl. The fourth-order valence-corrected chi connectivity index (χ4v) is 4.45. The number of likely N-dealkylation sites (tertiary alicyclic amines) is 1. The molecule has 156 valence electrons. The molecule has 2 heterocycles. The van der Waals surface area contributed by atoms with Crippen LogP contribution in [0, 0.1) is 12.3 Å². The van der Waals surface area contributed by atoms with Crippen molar-refractivity contribution < 1.29 is 9.53 Å². The number of carbonyl (C=O) groups excluding carboxylic acids is 1. The van der Waals surface area contributed by atoms with Crippen molar-refractivity contribution in [1.82, 2.24) is 10.2 Å². The molecule has 0 atom stereocenters. The third kappa shape index (κ3) is 5.52. The van der Waals surface area contributed by atoms with Gasteiger partial charge >= 0.3 is 0 Å². The van der Waals surface area contributed by atoms with Crippen molar-refractivity contribution in [3.63, 3.8) is 0 Å². The van der Waals surface area contributed by atoms with Crippen molar-refractivity contribution in [2.24, 2.45) is 5.41 Å². The van der Waals surface area contributed by atoms with Gasteiger partial charge in [0, 0.05) is 19.6 Å². The highest BCUT2D eigenvalue weighted by molar-refractivity contribution is 5.85. The number of carbonyl (C=O) groups is 1. The van der Waals surface area contributed by atoms with Gasteiger partial charge in [0.25, 0.3) is 0 Å². The number of rotatable bonds is 5. The molecular weight excluding hydrogens is 384 g/mol. The highest BCUT2D eigenvalue weighted by Gasteiger charge is 2.37. The van der Waals surface area contributed by atoms with Crippen molar-refractivity contribution in [2.45, 2.75) is 39.2 Å². The van der Waals surface area contributed by atoms with Crippen LogP contribution in [-0.2, 0) is 17.8 Å². The minimum atomic E-state index is 0. The van der Waals surface area contributed by atoms with E-state index in [0.717, 1.165) is 55.9 Å². The predicted octanol–water partition coefficient (Wildman–Crippen LogP) is 4.14. The largest absolute Gasteiger partial charge is 0.489 e. The molecule has 4 rings (SSSR count). The smallest absolute Gasteiger partial charge is 0.226 e. The second-order valence-electron chi connectivity index (χ2n) is 8.41. The Kier molecular flexibility index (Phi) is 7.20. The van der Waals surface area contributed by atoms with Crippen LogP contribution in [-0.4, -0.2) is 37.0 Å². The third-order valence-corrected chi connectivity index (χ3v) is 6.25. The van der Waals surface area contributed by atoms with E-state index in [1.54, 1.807) is 0 Å². The van der Waals surface area contributed by atoms with Crippen molar-refractivity contribution in [1.29, 1.82) is 0 Å². The van der Waals surface area contributed by atoms with Gasteiger partial charge < -0.3 is 15.0 Å². The van der Waals surface area contributed by atoms with E-state index >= 15 is 0 Å². The van der Waals surface area contributed by atoms with Gasteiger partial charge in [-0.2, -0.15) is 0 Å². The summed E-state index contributed by atoms with van der Waals surface area (Å²) in [7, 11) is 0. The molecule has 0 aromatic heterocycles. The lowest BCUT2D eigenvalue weighted by Crippen LogP contribution is -2.44. The van der Waals surface area contributed by atoms with Gasteiger partial charge in [0.05, 0.1) is 6.42 Å². The van der Waals surface area contributed by atoms with E-state index in [0.29, 0.717) is 18.4 Å². The lowest BCUT2D eigenvalue weighted by Gasteiger charge is -2.39. The van der Waals surface area contributed by atoms with E-state index in [-0.39, 0.29) is 18.3 Å². The molecule has 0 saturated carbocycles. The van der Waals surface area contributed by atoms with Crippen LogP contribution in [0.4, 0.5) is 0 Å². The molecule has 2 aliphatic rings. The van der Waals surface area contributed by atoms with Crippen LogP contribution >= 0.6 is 12.4 Å². The van der Waals surface area contributed by atoms with Crippen LogP contribution in [0.1, 0.15) is 36.0 Å². The Morgan fingerprint density at radius 1 is 1.07 bits per heavy atom. The van der Waals surface area contributed by atoms with Crippen molar-refractivity contribution >= 4 is 18.3 Å². The summed E-state index contributed by atoms with van der Waals surface area (Å²) in [6.45, 7) is 6.66. The summed E-state index contributed by atoms with van der Waals surface area (Å²) in [6.07, 6.45) is 3.97. The zero-order valence-electron chi connectivity index (χ0n) is 17.2. The molecule has 1 N–H and O–H groups in total. The fraction of sp³-hybridized carbons (Fsp3) is 0.458. The number of nitrogens with one attached hydrogen (secondary N) is 1. The first-order valence-corrected chi connectivity index (χ1v) is 10.4. The summed E-state index contributed by atoms with van der Waals surface area (Å²) in [5.41, 5.74) is 3.86. The molecular formula is C24H31ClN2O2. The lowest BCUT2D eigenvalue weighted by molar-refractivity contribution is -0.132. The van der Waals surface area contributed by atoms with Gasteiger partial charge in [-0.1, -0.05) is 42.0 Å². The average molecular weight is 415 g/mol. The Balaban J connectivity index is 0.00000240. The number of hydrogen-bond acceptors (Lipinski definition) is 3. The lowest BCUT2D eigenvalue weighted by atomic mass is 9.78. The number of benzene rings is 2. The summed E-state index contributed by atoms with van der Waals surface area (Å²) < 4.78 is 5.95. The Morgan fingerprint density at radius 2 is 1.83 bits per heavy atom. The van der Waals surface area contributed by atoms with Crippen LogP contribution in [0.5, 0.6) is 5.75 Å². The molecule has 2 aromatic carbocycles. The van der Waals surface area contributed by atoms with Gasteiger partial charge in [0.1, 0.15) is 12.4 Å². The van der Waals surface area contributed by atoms with Gasteiger partial charge in [0.15, 0.2) is 0 Å². The minimum Gasteiger partial charge on any atom is -0.489 e. The first-order chi connectivity index (χ1) is 13.6. The first-order valence-electron chi connectivity index (χ1n) is 10.4. The maximum Gasteiger partial charge on any atom is 0.226 e. The van der Waals surface area contributed by atoms with Gasteiger partial charge in [-0.25, -0.2) is 0 Å². The standard InChI is InChI=1S/C24H30N2O2.ClH/c1-19-4-2-6-21(14-19)17-28-22-7-3-5-20(15-22)16-23(27)26-12-9-24(10-13-26)8-11-25-18-24;/h2-7,14-15,25H,8-13,16-18H2,1H3;1H. The van der Waals surface area contributed by atoms with Crippen LogP contribution in [0.15, 0.2) is 48.5 Å². The Labute approximate surface area is 180 Å². The molecule has 0 radical (unpaired) electrons. The number of nitrogens with zero attached hydrogens (tertiary/aromatic N) is 1. The predicted molar refractivity (Wildman–Crippen MR) is 119 cm³/mol. The van der Waals surface area contributed by atoms with Gasteiger partial charge in [-0.05, 0) is 61.4 Å². The minimum absolute atomic E-state index is 0. The fourth-order valence-electron chi connectivity index (χ4n) is 4.45. The van der Waals surface area contributed by atoms with Gasteiger partial charge in [-0.15, -0.1) is 12.4 Å². The summed E-state index contributed by atoms with van der Waals surface area (Å²) in [5.74, 6) is 1.05. The van der Waals surface area contributed by atoms with Crippen LogP contribution in [0.3, 0.4) is 0 Å². The van der Waals surface area contributed by atoms with E-state index in [9.17, 15) is 4.79 Å². The number of aryl methyl sites for hydroxylation is 1. The summed E-state index contributed by atoms with van der Waals surface area (Å²) in [6, 6.07) is 16.3. The molecule has 2 aromatic rings. The highest BCUT2D eigenvalue weighted by Crippen LogP contribution is 2.37. The Bertz CT molecular complexity index is 823. The Hall–Kier alpha value is -2.04. The summed E-state index contributed by atoms with van der Waals surface area (Å²) in [5, 5.41) is 3.48. The summed E-state index contributed by atoms with van der Waals surface area (Å²) in [4.78, 5) is 14.8. The molecule has 0 aliphatic carbocycles. The molecule has 0 unspecified atom stereocenters. The van der Waals surface area contributed by atoms with Crippen LogP contribution in [0.2, 0.25) is 0 Å². The van der Waals surface area contributed by atoms with E-state index < -0.39 is 0 Å². The maximum atomic E-state index is 12.8. The van der Waals surface area contributed by atoms with Crippen molar-refractivity contribution in [3.8, 4) is 5.75 Å².